The number of nitrogens with one attached hydrogen (secondary N) is 2. The number of sulfonamides is 1. The molecule has 0 spiro atoms. The van der Waals surface area contributed by atoms with E-state index in [0.717, 1.165) is 0 Å². The van der Waals surface area contributed by atoms with Crippen molar-refractivity contribution in [2.75, 3.05) is 18.4 Å². The van der Waals surface area contributed by atoms with Crippen molar-refractivity contribution in [1.82, 2.24) is 5.43 Å². The number of hydrogen-bond acceptors (Lipinski definition) is 6. The highest BCUT2D eigenvalue weighted by atomic mass is 32.2. The summed E-state index contributed by atoms with van der Waals surface area (Å²) in [4.78, 5) is 11.2. The van der Waals surface area contributed by atoms with Crippen LogP contribution in [0.5, 0.6) is 11.5 Å². The molecule has 0 aromatic heterocycles. The van der Waals surface area contributed by atoms with Crippen molar-refractivity contribution in [3.63, 3.8) is 0 Å². The molecule has 9 heteroatoms. The van der Waals surface area contributed by atoms with Crippen molar-refractivity contribution in [2.24, 2.45) is 5.84 Å². The van der Waals surface area contributed by atoms with Gasteiger partial charge in [-0.05, 0) is 55.0 Å². The van der Waals surface area contributed by atoms with Gasteiger partial charge < -0.3 is 9.47 Å². The number of carbonyl (C=O) groups excluding carboxylic acids is 1. The van der Waals surface area contributed by atoms with Gasteiger partial charge in [-0.25, -0.2) is 14.3 Å². The summed E-state index contributed by atoms with van der Waals surface area (Å²) < 4.78 is 37.7. The van der Waals surface area contributed by atoms with E-state index in [1.807, 2.05) is 5.43 Å². The normalized spacial score (nSPS) is 10.8. The van der Waals surface area contributed by atoms with Gasteiger partial charge in [-0.1, -0.05) is 0 Å². The molecule has 0 fully saturated rings. The summed E-state index contributed by atoms with van der Waals surface area (Å²) in [7, 11) is -2.22. The van der Waals surface area contributed by atoms with Crippen molar-refractivity contribution in [3.8, 4) is 11.5 Å². The van der Waals surface area contributed by atoms with Gasteiger partial charge in [-0.15, -0.1) is 0 Å². The molecule has 0 saturated heterocycles. The Morgan fingerprint density at radius 1 is 1.16 bits per heavy atom. The van der Waals surface area contributed by atoms with E-state index < -0.39 is 15.9 Å². The van der Waals surface area contributed by atoms with Gasteiger partial charge in [0.05, 0.1) is 12.0 Å². The maximum atomic E-state index is 12.5. The predicted molar refractivity (Wildman–Crippen MR) is 92.8 cm³/mol. The highest BCUT2D eigenvalue weighted by molar-refractivity contribution is 7.92. The number of nitrogens with two attached hydrogens (primary N) is 1. The molecule has 0 saturated carbocycles. The largest absolute Gasteiger partial charge is 0.497 e. The minimum absolute atomic E-state index is 0.0800. The van der Waals surface area contributed by atoms with Crippen molar-refractivity contribution >= 4 is 21.6 Å². The van der Waals surface area contributed by atoms with Crippen LogP contribution in [0.3, 0.4) is 0 Å². The number of aryl methyl sites for hydroxylation is 1. The van der Waals surface area contributed by atoms with Crippen molar-refractivity contribution in [3.05, 3.63) is 48.0 Å². The smallest absolute Gasteiger partial charge is 0.271 e. The number of hydrogen-bond donors (Lipinski definition) is 3. The number of ether oxygens (including phenoxy) is 2. The van der Waals surface area contributed by atoms with Crippen molar-refractivity contribution in [1.29, 1.82) is 0 Å². The third-order valence-electron chi connectivity index (χ3n) is 3.32. The molecule has 8 nitrogen and oxygen atoms in total. The van der Waals surface area contributed by atoms with Gasteiger partial charge in [-0.3, -0.25) is 14.9 Å². The first kappa shape index (κ1) is 18.6. The van der Waals surface area contributed by atoms with E-state index in [9.17, 15) is 13.2 Å². The average Bonchev–Trinajstić information content (AvgIpc) is 2.60. The van der Waals surface area contributed by atoms with E-state index in [1.165, 1.54) is 25.3 Å². The van der Waals surface area contributed by atoms with E-state index in [0.29, 0.717) is 22.7 Å². The fourth-order valence-electron chi connectivity index (χ4n) is 2.01. The van der Waals surface area contributed by atoms with E-state index in [-0.39, 0.29) is 11.5 Å². The third kappa shape index (κ3) is 4.85. The van der Waals surface area contributed by atoms with Crippen LogP contribution in [0.15, 0.2) is 47.4 Å². The number of methoxy groups -OCH3 is 1. The Bertz CT molecular complexity index is 851. The number of anilines is 1. The molecular formula is C16H19N3O5S. The van der Waals surface area contributed by atoms with Crippen LogP contribution < -0.4 is 25.5 Å². The number of amides is 1. The Labute approximate surface area is 146 Å². The van der Waals surface area contributed by atoms with Gasteiger partial charge >= 0.3 is 0 Å². The lowest BCUT2D eigenvalue weighted by Gasteiger charge is -2.12. The summed E-state index contributed by atoms with van der Waals surface area (Å²) >= 11 is 0. The predicted octanol–water partition coefficient (Wildman–Crippen LogP) is 1.17. The van der Waals surface area contributed by atoms with Crippen LogP contribution in [0.25, 0.3) is 0 Å². The number of hydrazine groups is 1. The Hall–Kier alpha value is -2.78. The maximum absolute atomic E-state index is 12.5. The summed E-state index contributed by atoms with van der Waals surface area (Å²) in [6, 6.07) is 10.9. The lowest BCUT2D eigenvalue weighted by atomic mass is 10.2. The Morgan fingerprint density at radius 3 is 2.40 bits per heavy atom. The standard InChI is InChI=1S/C16H19N3O5S/c1-11-9-14(7-8-15(11)24-10-16(20)18-17)25(21,22)19-12-3-5-13(23-2)6-4-12/h3-9,19H,10,17H2,1-2H3,(H,18,20). The second-order valence-corrected chi connectivity index (χ2v) is 6.80. The summed E-state index contributed by atoms with van der Waals surface area (Å²) in [5.74, 6) is 5.51. The SMILES string of the molecule is COc1ccc(NS(=O)(=O)c2ccc(OCC(=O)NN)c(C)c2)cc1. The van der Waals surface area contributed by atoms with Gasteiger partial charge in [0.2, 0.25) is 0 Å². The zero-order chi connectivity index (χ0) is 18.4. The summed E-state index contributed by atoms with van der Waals surface area (Å²) in [6.07, 6.45) is 0. The number of carbonyl (C=O) groups is 1. The first-order chi connectivity index (χ1) is 11.9. The Balaban J connectivity index is 2.15. The van der Waals surface area contributed by atoms with E-state index in [2.05, 4.69) is 4.72 Å². The topological polar surface area (TPSA) is 120 Å². The van der Waals surface area contributed by atoms with Gasteiger partial charge in [0.25, 0.3) is 15.9 Å². The number of rotatable bonds is 7. The molecule has 0 heterocycles. The Morgan fingerprint density at radius 2 is 1.84 bits per heavy atom. The van der Waals surface area contributed by atoms with Crippen LogP contribution >= 0.6 is 0 Å². The van der Waals surface area contributed by atoms with Crippen LogP contribution in [0.2, 0.25) is 0 Å². The monoisotopic (exact) mass is 365 g/mol. The fraction of sp³-hybridized carbons (Fsp3) is 0.188. The molecule has 134 valence electrons. The minimum Gasteiger partial charge on any atom is -0.497 e. The second kappa shape index (κ2) is 7.86. The molecule has 0 aliphatic carbocycles. The zero-order valence-electron chi connectivity index (χ0n) is 13.8. The minimum atomic E-state index is -3.75. The van der Waals surface area contributed by atoms with Crippen molar-refractivity contribution < 1.29 is 22.7 Å². The lowest BCUT2D eigenvalue weighted by molar-refractivity contribution is -0.123. The van der Waals surface area contributed by atoms with Gasteiger partial charge in [0.15, 0.2) is 6.61 Å². The summed E-state index contributed by atoms with van der Waals surface area (Å²) in [5, 5.41) is 0. The molecule has 2 aromatic carbocycles. The molecular weight excluding hydrogens is 346 g/mol. The van der Waals surface area contributed by atoms with Gasteiger partial charge in [0.1, 0.15) is 11.5 Å². The molecule has 0 bridgehead atoms. The molecule has 2 rings (SSSR count). The van der Waals surface area contributed by atoms with Gasteiger partial charge in [0, 0.05) is 5.69 Å². The molecule has 0 unspecified atom stereocenters. The fourth-order valence-corrected chi connectivity index (χ4v) is 3.15. The molecule has 0 radical (unpaired) electrons. The molecule has 0 aliphatic heterocycles. The Kier molecular flexibility index (Phi) is 5.84. The quantitative estimate of drug-likeness (QED) is 0.385. The zero-order valence-corrected chi connectivity index (χ0v) is 14.6. The molecule has 4 N–H and O–H groups in total. The first-order valence-corrected chi connectivity index (χ1v) is 8.74. The highest BCUT2D eigenvalue weighted by Crippen LogP contribution is 2.24. The third-order valence-corrected chi connectivity index (χ3v) is 4.70. The van der Waals surface area contributed by atoms with E-state index in [4.69, 9.17) is 15.3 Å². The molecule has 25 heavy (non-hydrogen) atoms. The van der Waals surface area contributed by atoms with Crippen LogP contribution in [0.4, 0.5) is 5.69 Å². The molecule has 2 aromatic rings. The maximum Gasteiger partial charge on any atom is 0.271 e. The van der Waals surface area contributed by atoms with Crippen LogP contribution in [0, 0.1) is 6.92 Å². The van der Waals surface area contributed by atoms with Crippen LogP contribution in [-0.4, -0.2) is 28.0 Å². The molecule has 0 aliphatic rings. The summed E-state index contributed by atoms with van der Waals surface area (Å²) in [6.45, 7) is 1.43. The summed E-state index contributed by atoms with van der Waals surface area (Å²) in [5.41, 5.74) is 2.93. The molecule has 0 atom stereocenters. The van der Waals surface area contributed by atoms with E-state index in [1.54, 1.807) is 31.2 Å². The highest BCUT2D eigenvalue weighted by Gasteiger charge is 2.16. The van der Waals surface area contributed by atoms with E-state index >= 15 is 0 Å². The lowest BCUT2D eigenvalue weighted by Crippen LogP contribution is -2.34. The van der Waals surface area contributed by atoms with Gasteiger partial charge in [-0.2, -0.15) is 0 Å². The average molecular weight is 365 g/mol. The first-order valence-electron chi connectivity index (χ1n) is 7.25. The van der Waals surface area contributed by atoms with Crippen molar-refractivity contribution in [2.45, 2.75) is 11.8 Å². The number of benzene rings is 2. The van der Waals surface area contributed by atoms with Crippen LogP contribution in [0.1, 0.15) is 5.56 Å². The molecule has 1 amide bonds. The van der Waals surface area contributed by atoms with Crippen LogP contribution in [-0.2, 0) is 14.8 Å². The second-order valence-electron chi connectivity index (χ2n) is 5.12.